The van der Waals surface area contributed by atoms with E-state index in [9.17, 15) is 28.3 Å². The van der Waals surface area contributed by atoms with Crippen LogP contribution < -0.4 is 15.4 Å². The Morgan fingerprint density at radius 1 is 1.18 bits per heavy atom. The summed E-state index contributed by atoms with van der Waals surface area (Å²) in [6.07, 6.45) is 1.22. The predicted molar refractivity (Wildman–Crippen MR) is 133 cm³/mol. The number of alkyl carbamates (subject to hydrolysis) is 1. The number of aliphatic hydroxyl groups is 1. The van der Waals surface area contributed by atoms with Crippen molar-refractivity contribution in [1.29, 1.82) is 0 Å². The molecule has 2 aromatic rings. The average molecular weight is 530 g/mol. The lowest BCUT2D eigenvalue weighted by Crippen LogP contribution is -2.56. The highest BCUT2D eigenvalue weighted by atomic mass is 19.3. The Kier molecular flexibility index (Phi) is 9.62. The van der Waals surface area contributed by atoms with Crippen LogP contribution in [0.4, 0.5) is 13.6 Å². The summed E-state index contributed by atoms with van der Waals surface area (Å²) in [6, 6.07) is 12.7. The van der Waals surface area contributed by atoms with Gasteiger partial charge in [-0.25, -0.2) is 13.6 Å². The van der Waals surface area contributed by atoms with Crippen molar-refractivity contribution < 1.29 is 37.7 Å². The van der Waals surface area contributed by atoms with Crippen molar-refractivity contribution in [2.45, 2.75) is 43.5 Å². The van der Waals surface area contributed by atoms with Crippen LogP contribution in [0.1, 0.15) is 17.5 Å². The number of nitrogens with one attached hydrogen (secondary N) is 2. The Morgan fingerprint density at radius 2 is 1.89 bits per heavy atom. The molecule has 202 valence electrons. The van der Waals surface area contributed by atoms with E-state index in [-0.39, 0.29) is 19.6 Å². The van der Waals surface area contributed by atoms with Gasteiger partial charge in [0.05, 0.1) is 19.7 Å². The molecule has 38 heavy (non-hydrogen) atoms. The van der Waals surface area contributed by atoms with Crippen LogP contribution in [0.25, 0.3) is 0 Å². The van der Waals surface area contributed by atoms with Gasteiger partial charge in [-0.1, -0.05) is 48.4 Å². The average Bonchev–Trinajstić information content (AvgIpc) is 3.25. The Bertz CT molecular complexity index is 1170. The van der Waals surface area contributed by atoms with Crippen LogP contribution in [0.3, 0.4) is 0 Å². The first-order valence-corrected chi connectivity index (χ1v) is 11.8. The van der Waals surface area contributed by atoms with Crippen molar-refractivity contribution in [2.75, 3.05) is 20.3 Å². The van der Waals surface area contributed by atoms with Gasteiger partial charge in [-0.05, 0) is 29.7 Å². The summed E-state index contributed by atoms with van der Waals surface area (Å²) in [5.41, 5.74) is 1.32. The molecule has 1 heterocycles. The third-order valence-electron chi connectivity index (χ3n) is 5.98. The fraction of sp³-hybridized carbons (Fsp3) is 0.370. The maximum Gasteiger partial charge on any atom is 0.408 e. The second-order valence-electron chi connectivity index (χ2n) is 8.78. The smallest absolute Gasteiger partial charge is 0.408 e. The number of hydrogen-bond donors (Lipinski definition) is 3. The first-order chi connectivity index (χ1) is 18.1. The number of rotatable bonds is 10. The number of nitrogens with zero attached hydrogens (tertiary/aromatic N) is 1. The van der Waals surface area contributed by atoms with Crippen LogP contribution in [-0.4, -0.2) is 72.3 Å². The van der Waals surface area contributed by atoms with Gasteiger partial charge in [0.25, 0.3) is 11.8 Å². The molecule has 1 aliphatic heterocycles. The van der Waals surface area contributed by atoms with Crippen LogP contribution in [0.2, 0.25) is 0 Å². The molecule has 3 amide bonds. The summed E-state index contributed by atoms with van der Waals surface area (Å²) in [6.45, 7) is -1.39. The van der Waals surface area contributed by atoms with E-state index in [4.69, 9.17) is 15.9 Å². The molecule has 0 radical (unpaired) electrons. The second-order valence-corrected chi connectivity index (χ2v) is 8.78. The molecule has 0 saturated carbocycles. The molecule has 3 rings (SSSR count). The largest absolute Gasteiger partial charge is 0.497 e. The summed E-state index contributed by atoms with van der Waals surface area (Å²) in [4.78, 5) is 38.9. The topological polar surface area (TPSA) is 117 Å². The molecule has 0 aliphatic carbocycles. The number of amides is 3. The maximum absolute atomic E-state index is 14.4. The lowest BCUT2D eigenvalue weighted by molar-refractivity contribution is -0.147. The lowest BCUT2D eigenvalue weighted by Gasteiger charge is -2.29. The number of halogens is 2. The van der Waals surface area contributed by atoms with E-state index in [1.165, 1.54) is 7.11 Å². The number of hydrogen-bond acceptors (Lipinski definition) is 6. The number of terminal acetylenes is 1. The molecular weight excluding hydrogens is 500 g/mol. The summed E-state index contributed by atoms with van der Waals surface area (Å²) >= 11 is 0. The van der Waals surface area contributed by atoms with E-state index in [1.54, 1.807) is 54.6 Å². The normalized spacial score (nSPS) is 17.6. The summed E-state index contributed by atoms with van der Waals surface area (Å²) in [7, 11) is 1.49. The van der Waals surface area contributed by atoms with Crippen LogP contribution >= 0.6 is 0 Å². The van der Waals surface area contributed by atoms with Gasteiger partial charge in [0.1, 0.15) is 11.8 Å². The van der Waals surface area contributed by atoms with Crippen molar-refractivity contribution in [3.05, 3.63) is 65.7 Å². The zero-order valence-electron chi connectivity index (χ0n) is 20.7. The molecule has 3 unspecified atom stereocenters. The number of methoxy groups -OCH3 is 1. The number of carbonyl (C=O) groups is 3. The summed E-state index contributed by atoms with van der Waals surface area (Å²) in [5, 5.41) is 15.9. The maximum atomic E-state index is 14.4. The molecule has 9 nitrogen and oxygen atoms in total. The Morgan fingerprint density at radius 3 is 2.58 bits per heavy atom. The van der Waals surface area contributed by atoms with Gasteiger partial charge in [-0.3, -0.25) is 9.59 Å². The SMILES string of the molecule is C#CCOC(=O)NC(Cc1ccccc1)C(O)C(=O)N1CC(F)(F)CC1C(=O)NCc1cccc(OC)c1. The Hall–Kier alpha value is -4.17. The van der Waals surface area contributed by atoms with E-state index in [0.29, 0.717) is 21.8 Å². The van der Waals surface area contributed by atoms with E-state index < -0.39 is 55.0 Å². The molecule has 0 spiro atoms. The summed E-state index contributed by atoms with van der Waals surface area (Å²) in [5.74, 6) is -2.59. The molecule has 1 saturated heterocycles. The van der Waals surface area contributed by atoms with E-state index in [2.05, 4.69) is 16.6 Å². The second kappa shape index (κ2) is 12.9. The predicted octanol–water partition coefficient (Wildman–Crippen LogP) is 1.88. The highest BCUT2D eigenvalue weighted by Gasteiger charge is 2.51. The first-order valence-electron chi connectivity index (χ1n) is 11.8. The number of benzene rings is 2. The van der Waals surface area contributed by atoms with Crippen molar-refractivity contribution in [2.24, 2.45) is 0 Å². The first kappa shape index (κ1) is 28.4. The van der Waals surface area contributed by atoms with Gasteiger partial charge in [0, 0.05) is 13.0 Å². The van der Waals surface area contributed by atoms with Gasteiger partial charge in [-0.2, -0.15) is 0 Å². The lowest BCUT2D eigenvalue weighted by atomic mass is 10.00. The van der Waals surface area contributed by atoms with Crippen molar-refractivity contribution in [3.63, 3.8) is 0 Å². The minimum absolute atomic E-state index is 0.0158. The number of likely N-dealkylation sites (tertiary alicyclic amines) is 1. The van der Waals surface area contributed by atoms with Gasteiger partial charge in [0.2, 0.25) is 5.91 Å². The molecule has 0 bridgehead atoms. The zero-order valence-corrected chi connectivity index (χ0v) is 20.7. The van der Waals surface area contributed by atoms with Crippen molar-refractivity contribution in [3.8, 4) is 18.1 Å². The van der Waals surface area contributed by atoms with Gasteiger partial charge in [0.15, 0.2) is 12.7 Å². The zero-order chi connectivity index (χ0) is 27.7. The van der Waals surface area contributed by atoms with Gasteiger partial charge < -0.3 is 30.1 Å². The monoisotopic (exact) mass is 529 g/mol. The number of aliphatic hydroxyl groups excluding tert-OH is 1. The molecule has 11 heteroatoms. The van der Waals surface area contributed by atoms with Crippen LogP contribution in [-0.2, 0) is 27.3 Å². The Labute approximate surface area is 219 Å². The van der Waals surface area contributed by atoms with E-state index >= 15 is 0 Å². The fourth-order valence-electron chi connectivity index (χ4n) is 4.12. The highest BCUT2D eigenvalue weighted by molar-refractivity contribution is 5.90. The fourth-order valence-corrected chi connectivity index (χ4v) is 4.12. The third-order valence-corrected chi connectivity index (χ3v) is 5.98. The number of carbonyl (C=O) groups excluding carboxylic acids is 3. The standard InChI is InChI=1S/C27H29F2N3O6/c1-3-12-38-26(36)31-21(14-18-8-5-4-6-9-18)23(33)25(35)32-17-27(28,29)15-22(32)24(34)30-16-19-10-7-11-20(13-19)37-2/h1,4-11,13,21-23,33H,12,14-17H2,2H3,(H,30,34)(H,31,36). The molecule has 0 aromatic heterocycles. The van der Waals surface area contributed by atoms with Crippen molar-refractivity contribution >= 4 is 17.9 Å². The van der Waals surface area contributed by atoms with Crippen LogP contribution in [0, 0.1) is 12.3 Å². The summed E-state index contributed by atoms with van der Waals surface area (Å²) < 4.78 is 38.7. The third kappa shape index (κ3) is 7.66. The molecule has 3 atom stereocenters. The van der Waals surface area contributed by atoms with Gasteiger partial charge in [-0.15, -0.1) is 6.42 Å². The minimum atomic E-state index is -3.35. The quantitative estimate of drug-likeness (QED) is 0.405. The number of ether oxygens (including phenoxy) is 2. The number of alkyl halides is 2. The van der Waals surface area contributed by atoms with E-state index in [1.807, 2.05) is 0 Å². The molecule has 1 fully saturated rings. The van der Waals surface area contributed by atoms with Crippen molar-refractivity contribution in [1.82, 2.24) is 15.5 Å². The Balaban J connectivity index is 1.75. The van der Waals surface area contributed by atoms with Gasteiger partial charge >= 0.3 is 6.09 Å². The molecular formula is C27H29F2N3O6. The minimum Gasteiger partial charge on any atom is -0.497 e. The highest BCUT2D eigenvalue weighted by Crippen LogP contribution is 2.33. The molecule has 3 N–H and O–H groups in total. The van der Waals surface area contributed by atoms with Crippen LogP contribution in [0.15, 0.2) is 54.6 Å². The molecule has 1 aliphatic rings. The van der Waals surface area contributed by atoms with Crippen LogP contribution in [0.5, 0.6) is 5.75 Å². The molecule has 2 aromatic carbocycles. The van der Waals surface area contributed by atoms with E-state index in [0.717, 1.165) is 0 Å².